The van der Waals surface area contributed by atoms with Gasteiger partial charge in [-0.3, -0.25) is 19.3 Å². The van der Waals surface area contributed by atoms with Crippen molar-refractivity contribution in [1.29, 1.82) is 0 Å². The molecule has 3 rings (SSSR count). The maximum absolute atomic E-state index is 12.3. The van der Waals surface area contributed by atoms with Crippen LogP contribution in [0, 0.1) is 0 Å². The van der Waals surface area contributed by atoms with Gasteiger partial charge in [0.1, 0.15) is 0 Å². The van der Waals surface area contributed by atoms with Crippen molar-refractivity contribution in [1.82, 2.24) is 4.90 Å². The summed E-state index contributed by atoms with van der Waals surface area (Å²) in [7, 11) is 1.71. The van der Waals surface area contributed by atoms with Gasteiger partial charge in [-0.2, -0.15) is 0 Å². The lowest BCUT2D eigenvalue weighted by Crippen LogP contribution is -2.36. The van der Waals surface area contributed by atoms with Crippen molar-refractivity contribution in [3.8, 4) is 0 Å². The number of hydrogen-bond acceptors (Lipinski definition) is 4. The second-order valence-corrected chi connectivity index (χ2v) is 7.80. The molecule has 8 heteroatoms. The van der Waals surface area contributed by atoms with Crippen LogP contribution in [0.3, 0.4) is 0 Å². The summed E-state index contributed by atoms with van der Waals surface area (Å²) in [5.41, 5.74) is 2.18. The lowest BCUT2D eigenvalue weighted by atomic mass is 10.2. The van der Waals surface area contributed by atoms with E-state index >= 15 is 0 Å². The predicted molar refractivity (Wildman–Crippen MR) is 117 cm³/mol. The Balaban J connectivity index is 1.46. The van der Waals surface area contributed by atoms with Gasteiger partial charge in [0, 0.05) is 28.8 Å². The number of hydrogen-bond donors (Lipinski definition) is 2. The number of amides is 3. The number of likely N-dealkylation sites (N-methyl/N-ethyl adjacent to an activating group) is 1. The highest BCUT2D eigenvalue weighted by molar-refractivity contribution is 9.10. The molecule has 0 saturated carbocycles. The molecule has 2 aromatic rings. The minimum absolute atomic E-state index is 0.0791. The molecule has 0 atom stereocenters. The number of carbonyl (C=O) groups is 3. The maximum atomic E-state index is 12.3. The van der Waals surface area contributed by atoms with Crippen LogP contribution in [0.15, 0.2) is 53.0 Å². The molecule has 1 aliphatic heterocycles. The van der Waals surface area contributed by atoms with Gasteiger partial charge in [-0.25, -0.2) is 0 Å². The predicted octanol–water partition coefficient (Wildman–Crippen LogP) is 3.08. The van der Waals surface area contributed by atoms with Crippen LogP contribution in [0.25, 0.3) is 0 Å². The Labute approximate surface area is 178 Å². The molecule has 3 amide bonds. The average molecular weight is 459 g/mol. The Kier molecular flexibility index (Phi) is 7.00. The van der Waals surface area contributed by atoms with Gasteiger partial charge in [0.05, 0.1) is 18.8 Å². The van der Waals surface area contributed by atoms with E-state index in [-0.39, 0.29) is 30.8 Å². The van der Waals surface area contributed by atoms with E-state index in [0.717, 1.165) is 23.1 Å². The first-order chi connectivity index (χ1) is 13.9. The monoisotopic (exact) mass is 458 g/mol. The summed E-state index contributed by atoms with van der Waals surface area (Å²) >= 11 is 3.38. The fraction of sp³-hybridized carbons (Fsp3) is 0.286. The Morgan fingerprint density at radius 3 is 2.31 bits per heavy atom. The molecule has 1 fully saturated rings. The van der Waals surface area contributed by atoms with E-state index in [1.165, 1.54) is 0 Å². The standard InChI is InChI=1S/C21H23BrN4O3/c1-25(14-20(28)24-18-6-3-2-5-17(18)22)13-19(27)23-15-8-10-16(11-9-15)26-12-4-7-21(26)29/h2-3,5-6,8-11H,4,7,12-14H2,1H3,(H,23,27)(H,24,28). The van der Waals surface area contributed by atoms with Crippen LogP contribution < -0.4 is 15.5 Å². The van der Waals surface area contributed by atoms with E-state index in [1.54, 1.807) is 35.0 Å². The molecule has 29 heavy (non-hydrogen) atoms. The maximum Gasteiger partial charge on any atom is 0.238 e. The molecule has 0 unspecified atom stereocenters. The molecule has 0 aromatic heterocycles. The Hall–Kier alpha value is -2.71. The molecule has 1 saturated heterocycles. The molecule has 0 bridgehead atoms. The van der Waals surface area contributed by atoms with E-state index in [4.69, 9.17) is 0 Å². The lowest BCUT2D eigenvalue weighted by Gasteiger charge is -2.17. The van der Waals surface area contributed by atoms with E-state index < -0.39 is 0 Å². The first-order valence-corrected chi connectivity index (χ1v) is 10.1. The van der Waals surface area contributed by atoms with Crippen molar-refractivity contribution >= 4 is 50.7 Å². The first-order valence-electron chi connectivity index (χ1n) is 9.35. The molecular formula is C21H23BrN4O3. The quantitative estimate of drug-likeness (QED) is 0.667. The zero-order valence-corrected chi connectivity index (χ0v) is 17.7. The molecule has 7 nitrogen and oxygen atoms in total. The van der Waals surface area contributed by atoms with E-state index in [9.17, 15) is 14.4 Å². The van der Waals surface area contributed by atoms with Gasteiger partial charge in [-0.1, -0.05) is 12.1 Å². The molecule has 0 radical (unpaired) electrons. The Morgan fingerprint density at radius 2 is 1.69 bits per heavy atom. The highest BCUT2D eigenvalue weighted by Crippen LogP contribution is 2.23. The minimum atomic E-state index is -0.216. The molecule has 0 aliphatic carbocycles. The summed E-state index contributed by atoms with van der Waals surface area (Å²) in [5.74, 6) is -0.290. The third-order valence-corrected chi connectivity index (χ3v) is 5.20. The number of para-hydroxylation sites is 1. The van der Waals surface area contributed by atoms with Gasteiger partial charge in [-0.15, -0.1) is 0 Å². The molecule has 2 N–H and O–H groups in total. The number of halogens is 1. The summed E-state index contributed by atoms with van der Waals surface area (Å²) in [6.07, 6.45) is 1.46. The Bertz CT molecular complexity index is 901. The SMILES string of the molecule is CN(CC(=O)Nc1ccc(N2CCCC2=O)cc1)CC(=O)Nc1ccccc1Br. The van der Waals surface area contributed by atoms with Gasteiger partial charge in [-0.05, 0) is 65.8 Å². The van der Waals surface area contributed by atoms with Gasteiger partial charge in [0.15, 0.2) is 0 Å². The van der Waals surface area contributed by atoms with E-state index in [0.29, 0.717) is 17.8 Å². The van der Waals surface area contributed by atoms with E-state index in [2.05, 4.69) is 26.6 Å². The largest absolute Gasteiger partial charge is 0.325 e. The van der Waals surface area contributed by atoms with Crippen molar-refractivity contribution in [3.05, 3.63) is 53.0 Å². The molecule has 1 aliphatic rings. The Morgan fingerprint density at radius 1 is 1.03 bits per heavy atom. The van der Waals surface area contributed by atoms with Crippen molar-refractivity contribution in [2.75, 3.05) is 42.2 Å². The summed E-state index contributed by atoms with van der Waals surface area (Å²) in [5, 5.41) is 5.62. The van der Waals surface area contributed by atoms with Crippen LogP contribution in [0.5, 0.6) is 0 Å². The van der Waals surface area contributed by atoms with Crippen molar-refractivity contribution in [3.63, 3.8) is 0 Å². The van der Waals surface area contributed by atoms with Gasteiger partial charge >= 0.3 is 0 Å². The molecule has 0 spiro atoms. The van der Waals surface area contributed by atoms with Crippen molar-refractivity contribution < 1.29 is 14.4 Å². The first kappa shape index (κ1) is 21.0. The average Bonchev–Trinajstić information content (AvgIpc) is 3.10. The normalized spacial score (nSPS) is 13.6. The fourth-order valence-electron chi connectivity index (χ4n) is 3.14. The number of rotatable bonds is 7. The smallest absolute Gasteiger partial charge is 0.238 e. The lowest BCUT2D eigenvalue weighted by molar-refractivity contribution is -0.119. The van der Waals surface area contributed by atoms with Crippen LogP contribution in [-0.4, -0.2) is 49.3 Å². The molecule has 1 heterocycles. The number of nitrogens with zero attached hydrogens (tertiary/aromatic N) is 2. The summed E-state index contributed by atoms with van der Waals surface area (Å²) in [6.45, 7) is 0.900. The van der Waals surface area contributed by atoms with Gasteiger partial charge in [0.25, 0.3) is 0 Å². The van der Waals surface area contributed by atoms with Crippen molar-refractivity contribution in [2.45, 2.75) is 12.8 Å². The van der Waals surface area contributed by atoms with E-state index in [1.807, 2.05) is 30.3 Å². The molecule has 2 aromatic carbocycles. The van der Waals surface area contributed by atoms with Crippen LogP contribution in [-0.2, 0) is 14.4 Å². The van der Waals surface area contributed by atoms with Crippen LogP contribution in [0.4, 0.5) is 17.1 Å². The summed E-state index contributed by atoms with van der Waals surface area (Å²) in [4.78, 5) is 39.6. The number of nitrogens with one attached hydrogen (secondary N) is 2. The third kappa shape index (κ3) is 5.88. The van der Waals surface area contributed by atoms with Crippen LogP contribution >= 0.6 is 15.9 Å². The zero-order chi connectivity index (χ0) is 20.8. The zero-order valence-electron chi connectivity index (χ0n) is 16.2. The number of benzene rings is 2. The van der Waals surface area contributed by atoms with Gasteiger partial charge < -0.3 is 15.5 Å². The second-order valence-electron chi connectivity index (χ2n) is 6.94. The van der Waals surface area contributed by atoms with Gasteiger partial charge in [0.2, 0.25) is 17.7 Å². The summed E-state index contributed by atoms with van der Waals surface area (Å²) in [6, 6.07) is 14.6. The highest BCUT2D eigenvalue weighted by atomic mass is 79.9. The molecular weight excluding hydrogens is 436 g/mol. The highest BCUT2D eigenvalue weighted by Gasteiger charge is 2.21. The topological polar surface area (TPSA) is 81.8 Å². The second kappa shape index (κ2) is 9.67. The minimum Gasteiger partial charge on any atom is -0.325 e. The third-order valence-electron chi connectivity index (χ3n) is 4.51. The van der Waals surface area contributed by atoms with Crippen LogP contribution in [0.2, 0.25) is 0 Å². The van der Waals surface area contributed by atoms with Crippen molar-refractivity contribution in [2.24, 2.45) is 0 Å². The molecule has 152 valence electrons. The number of carbonyl (C=O) groups excluding carboxylic acids is 3. The van der Waals surface area contributed by atoms with Crippen LogP contribution in [0.1, 0.15) is 12.8 Å². The summed E-state index contributed by atoms with van der Waals surface area (Å²) < 4.78 is 0.799. The fourth-order valence-corrected chi connectivity index (χ4v) is 3.53. The number of anilines is 3.